The summed E-state index contributed by atoms with van der Waals surface area (Å²) in [5.74, 6) is 0.929. The van der Waals surface area contributed by atoms with Crippen LogP contribution in [0.4, 0.5) is 0 Å². The number of carbonyl (C=O) groups is 1. The molecule has 5 aromatic rings. The molecule has 8 nitrogen and oxygen atoms in total. The van der Waals surface area contributed by atoms with Crippen LogP contribution >= 0.6 is 12.6 Å². The Kier molecular flexibility index (Phi) is 6.30. The minimum absolute atomic E-state index is 0.164. The molecule has 5 rings (SSSR count). The van der Waals surface area contributed by atoms with Gasteiger partial charge in [0.25, 0.3) is 0 Å². The molecule has 0 aliphatic carbocycles. The number of para-hydroxylation sites is 1. The summed E-state index contributed by atoms with van der Waals surface area (Å²) >= 11 is 4.68. The first-order valence-electron chi connectivity index (χ1n) is 11.1. The van der Waals surface area contributed by atoms with Gasteiger partial charge in [-0.05, 0) is 48.5 Å². The highest BCUT2D eigenvalue weighted by Gasteiger charge is 2.25. The third-order valence-electron chi connectivity index (χ3n) is 5.79. The first-order valence-corrected chi connectivity index (χ1v) is 11.6. The summed E-state index contributed by atoms with van der Waals surface area (Å²) in [4.78, 5) is 16.1. The van der Waals surface area contributed by atoms with Gasteiger partial charge in [-0.25, -0.2) is 9.78 Å². The van der Waals surface area contributed by atoms with Crippen LogP contribution in [0, 0.1) is 0 Å². The third kappa shape index (κ3) is 4.25. The number of furan rings is 1. The number of pyridine rings is 1. The Morgan fingerprint density at radius 3 is 2.64 bits per heavy atom. The largest absolute Gasteiger partial charge is 0.497 e. The van der Waals surface area contributed by atoms with E-state index < -0.39 is 11.2 Å². The Balaban J connectivity index is 1.66. The quantitative estimate of drug-likeness (QED) is 0.210. The van der Waals surface area contributed by atoms with Crippen LogP contribution in [-0.2, 0) is 6.54 Å². The van der Waals surface area contributed by atoms with Crippen molar-refractivity contribution in [3.63, 3.8) is 0 Å². The highest BCUT2D eigenvalue weighted by atomic mass is 32.1. The van der Waals surface area contributed by atoms with Crippen molar-refractivity contribution in [2.24, 2.45) is 0 Å². The first-order chi connectivity index (χ1) is 17.5. The maximum absolute atomic E-state index is 11.3. The number of carboxylic acids is 1. The number of fused-ring (bicyclic) bond motifs is 1. The van der Waals surface area contributed by atoms with E-state index in [0.29, 0.717) is 24.0 Å². The van der Waals surface area contributed by atoms with Gasteiger partial charge in [0.05, 0.1) is 18.3 Å². The molecule has 2 aromatic carbocycles. The smallest absolute Gasteiger partial charge is 0.371 e. The Bertz CT molecular complexity index is 1570. The van der Waals surface area contributed by atoms with E-state index in [-0.39, 0.29) is 5.76 Å². The Morgan fingerprint density at radius 2 is 1.94 bits per heavy atom. The van der Waals surface area contributed by atoms with Gasteiger partial charge in [0.15, 0.2) is 11.6 Å². The molecule has 180 valence electrons. The number of nitrogens with zero attached hydrogens (tertiary/aromatic N) is 4. The number of hydrogen-bond donors (Lipinski definition) is 2. The van der Waals surface area contributed by atoms with Gasteiger partial charge >= 0.3 is 5.97 Å². The zero-order valence-corrected chi connectivity index (χ0v) is 20.2. The lowest BCUT2D eigenvalue weighted by atomic mass is 10.0. The molecule has 0 radical (unpaired) electrons. The lowest BCUT2D eigenvalue weighted by molar-refractivity contribution is 0.0660. The summed E-state index contributed by atoms with van der Waals surface area (Å²) in [5.41, 5.74) is 3.37. The van der Waals surface area contributed by atoms with E-state index in [1.807, 2.05) is 59.2 Å². The minimum atomic E-state index is -1.15. The summed E-state index contributed by atoms with van der Waals surface area (Å²) in [6.45, 7) is 4.30. The Labute approximate surface area is 212 Å². The van der Waals surface area contributed by atoms with Crippen molar-refractivity contribution >= 4 is 29.5 Å². The molecule has 1 N–H and O–H groups in total. The number of carboxylic acid groups (broad SMARTS) is 1. The van der Waals surface area contributed by atoms with Crippen molar-refractivity contribution in [2.75, 3.05) is 7.11 Å². The zero-order chi connectivity index (χ0) is 25.2. The molecule has 0 bridgehead atoms. The Morgan fingerprint density at radius 1 is 1.17 bits per heavy atom. The van der Waals surface area contributed by atoms with Crippen LogP contribution in [0.2, 0.25) is 0 Å². The molecule has 0 fully saturated rings. The molecular formula is C27H22N4O4S. The van der Waals surface area contributed by atoms with Gasteiger partial charge in [-0.3, -0.25) is 0 Å². The molecule has 0 saturated heterocycles. The Hall–Kier alpha value is -4.37. The maximum atomic E-state index is 11.3. The van der Waals surface area contributed by atoms with Gasteiger partial charge in [0.2, 0.25) is 5.76 Å². The van der Waals surface area contributed by atoms with Crippen molar-refractivity contribution in [3.8, 4) is 28.4 Å². The SMILES string of the molecule is C=CCn1c(-c2cc(-c3ccc(OC)cc3)nc3ccccc23)nnc1C(S)c1ccc(C(=O)O)o1. The van der Waals surface area contributed by atoms with E-state index in [0.717, 1.165) is 33.5 Å². The summed E-state index contributed by atoms with van der Waals surface area (Å²) in [6.07, 6.45) is 1.75. The highest BCUT2D eigenvalue weighted by Crippen LogP contribution is 2.35. The molecule has 3 heterocycles. The van der Waals surface area contributed by atoms with Gasteiger partial charge in [-0.1, -0.05) is 24.3 Å². The lowest BCUT2D eigenvalue weighted by Crippen LogP contribution is -2.07. The van der Waals surface area contributed by atoms with Crippen LogP contribution in [0.3, 0.4) is 0 Å². The van der Waals surface area contributed by atoms with Gasteiger partial charge in [0, 0.05) is 23.1 Å². The van der Waals surface area contributed by atoms with E-state index in [2.05, 4.69) is 29.4 Å². The number of benzene rings is 2. The van der Waals surface area contributed by atoms with Crippen molar-refractivity contribution in [1.82, 2.24) is 19.7 Å². The standard InChI is InChI=1S/C27H22N4O4S/c1-3-14-31-25(29-30-26(31)24(36)22-12-13-23(35-22)27(32)33)19-15-21(16-8-10-17(34-2)11-9-16)28-20-7-5-4-6-18(19)20/h3-13,15,24,36H,1,14H2,2H3,(H,32,33). The van der Waals surface area contributed by atoms with E-state index in [4.69, 9.17) is 14.1 Å². The molecule has 0 spiro atoms. The van der Waals surface area contributed by atoms with Gasteiger partial charge in [0.1, 0.15) is 16.8 Å². The number of aromatic carboxylic acids is 1. The van der Waals surface area contributed by atoms with Crippen LogP contribution in [0.1, 0.15) is 27.4 Å². The average Bonchev–Trinajstić information content (AvgIpc) is 3.56. The first kappa shape index (κ1) is 23.4. The topological polar surface area (TPSA) is 103 Å². The van der Waals surface area contributed by atoms with Crippen molar-refractivity contribution in [2.45, 2.75) is 11.8 Å². The molecule has 0 aliphatic rings. The molecule has 0 aliphatic heterocycles. The monoisotopic (exact) mass is 498 g/mol. The fourth-order valence-corrected chi connectivity index (χ4v) is 4.37. The van der Waals surface area contributed by atoms with E-state index >= 15 is 0 Å². The molecule has 1 atom stereocenters. The molecule has 0 amide bonds. The predicted molar refractivity (Wildman–Crippen MR) is 139 cm³/mol. The van der Waals surface area contributed by atoms with E-state index in [1.54, 1.807) is 19.3 Å². The molecule has 0 saturated carbocycles. The maximum Gasteiger partial charge on any atom is 0.371 e. The van der Waals surface area contributed by atoms with Gasteiger partial charge < -0.3 is 18.8 Å². The van der Waals surface area contributed by atoms with Crippen LogP contribution in [0.15, 0.2) is 83.8 Å². The lowest BCUT2D eigenvalue weighted by Gasteiger charge is -2.14. The van der Waals surface area contributed by atoms with Crippen LogP contribution in [0.5, 0.6) is 5.75 Å². The number of allylic oxidation sites excluding steroid dienone is 1. The molecule has 36 heavy (non-hydrogen) atoms. The highest BCUT2D eigenvalue weighted by molar-refractivity contribution is 7.80. The molecule has 9 heteroatoms. The van der Waals surface area contributed by atoms with Crippen molar-refractivity contribution in [1.29, 1.82) is 0 Å². The van der Waals surface area contributed by atoms with Crippen LogP contribution in [-0.4, -0.2) is 37.9 Å². The second-order valence-electron chi connectivity index (χ2n) is 7.99. The fourth-order valence-electron chi connectivity index (χ4n) is 4.04. The molecule has 1 unspecified atom stereocenters. The summed E-state index contributed by atoms with van der Waals surface area (Å²) in [5, 5.41) is 18.4. The summed E-state index contributed by atoms with van der Waals surface area (Å²) in [6, 6.07) is 20.5. The summed E-state index contributed by atoms with van der Waals surface area (Å²) in [7, 11) is 1.63. The van der Waals surface area contributed by atoms with Gasteiger partial charge in [-0.2, -0.15) is 12.6 Å². The number of thiol groups is 1. The van der Waals surface area contributed by atoms with E-state index in [9.17, 15) is 9.90 Å². The fraction of sp³-hybridized carbons (Fsp3) is 0.111. The molecule has 3 aromatic heterocycles. The number of ether oxygens (including phenoxy) is 1. The number of methoxy groups -OCH3 is 1. The average molecular weight is 499 g/mol. The minimum Gasteiger partial charge on any atom is -0.497 e. The van der Waals surface area contributed by atoms with Gasteiger partial charge in [-0.15, -0.1) is 16.8 Å². The van der Waals surface area contributed by atoms with Crippen molar-refractivity contribution < 1.29 is 19.1 Å². The normalized spacial score (nSPS) is 11.9. The number of rotatable bonds is 8. The zero-order valence-electron chi connectivity index (χ0n) is 19.3. The van der Waals surface area contributed by atoms with Crippen LogP contribution < -0.4 is 4.74 Å². The van der Waals surface area contributed by atoms with Crippen molar-refractivity contribution in [3.05, 3.63) is 96.7 Å². The third-order valence-corrected chi connectivity index (χ3v) is 6.27. The second kappa shape index (κ2) is 9.71. The number of hydrogen-bond acceptors (Lipinski definition) is 7. The second-order valence-corrected chi connectivity index (χ2v) is 8.51. The predicted octanol–water partition coefficient (Wildman–Crippen LogP) is 5.67. The van der Waals surface area contributed by atoms with Crippen LogP contribution in [0.25, 0.3) is 33.5 Å². The van der Waals surface area contributed by atoms with E-state index in [1.165, 1.54) is 6.07 Å². The molecular weight excluding hydrogens is 476 g/mol. The number of aromatic nitrogens is 4. The summed E-state index contributed by atoms with van der Waals surface area (Å²) < 4.78 is 12.7.